The molecule has 0 spiro atoms. The van der Waals surface area contributed by atoms with E-state index in [-0.39, 0.29) is 0 Å². The first-order chi connectivity index (χ1) is 14.1. The monoisotopic (exact) mass is 397 g/mol. The highest BCUT2D eigenvalue weighted by atomic mass is 16.5. The van der Waals surface area contributed by atoms with Crippen molar-refractivity contribution in [3.8, 4) is 11.5 Å². The van der Waals surface area contributed by atoms with Crippen LogP contribution in [0.15, 0.2) is 48.5 Å². The minimum absolute atomic E-state index is 0.392. The number of nitrogens with zero attached hydrogens (tertiary/aromatic N) is 1. The molecule has 0 amide bonds. The van der Waals surface area contributed by atoms with Crippen LogP contribution in [0.3, 0.4) is 0 Å². The van der Waals surface area contributed by atoms with Gasteiger partial charge in [0.1, 0.15) is 18.1 Å². The summed E-state index contributed by atoms with van der Waals surface area (Å²) in [7, 11) is 0. The van der Waals surface area contributed by atoms with Crippen LogP contribution in [0, 0.1) is 5.92 Å². The summed E-state index contributed by atoms with van der Waals surface area (Å²) in [6.07, 6.45) is 3.90. The number of para-hydroxylation sites is 1. The van der Waals surface area contributed by atoms with Crippen molar-refractivity contribution in [3.63, 3.8) is 0 Å². The summed E-state index contributed by atoms with van der Waals surface area (Å²) in [5, 5.41) is 8.92. The maximum absolute atomic E-state index is 10.9. The summed E-state index contributed by atoms with van der Waals surface area (Å²) in [5.74, 6) is 0.540. The van der Waals surface area contributed by atoms with Crippen LogP contribution in [0.2, 0.25) is 0 Å². The molecule has 0 saturated carbocycles. The number of carbonyl (C=O) groups is 1. The molecule has 3 rings (SSSR count). The van der Waals surface area contributed by atoms with Gasteiger partial charge in [0.15, 0.2) is 0 Å². The van der Waals surface area contributed by atoms with E-state index in [2.05, 4.69) is 23.1 Å². The molecule has 1 atom stereocenters. The van der Waals surface area contributed by atoms with Gasteiger partial charge in [-0.05, 0) is 61.7 Å². The van der Waals surface area contributed by atoms with Gasteiger partial charge in [-0.1, -0.05) is 37.3 Å². The van der Waals surface area contributed by atoms with Gasteiger partial charge in [0.05, 0.1) is 12.5 Å². The van der Waals surface area contributed by atoms with E-state index in [1.165, 1.54) is 37.1 Å². The molecule has 2 aromatic rings. The molecule has 1 unspecified atom stereocenters. The first kappa shape index (κ1) is 21.2. The summed E-state index contributed by atoms with van der Waals surface area (Å²) in [6, 6.07) is 16.2. The lowest BCUT2D eigenvalue weighted by Gasteiger charge is -2.16. The standard InChI is InChI=1S/C24H31NO4/c1-19(24(26)27)12-16-28-22-10-8-20(9-11-22)18-21-6-2-3-7-23(21)29-17-15-25-13-4-5-14-25/h2-3,6-11,19H,4-5,12-18H2,1H3,(H,26,27). The molecule has 1 N–H and O–H groups in total. The second-order valence-electron chi connectivity index (χ2n) is 7.70. The minimum atomic E-state index is -0.787. The van der Waals surface area contributed by atoms with Gasteiger partial charge in [0, 0.05) is 13.0 Å². The van der Waals surface area contributed by atoms with E-state index in [1.54, 1.807) is 6.92 Å². The lowest BCUT2D eigenvalue weighted by atomic mass is 10.0. The van der Waals surface area contributed by atoms with Crippen molar-refractivity contribution >= 4 is 5.97 Å². The fraction of sp³-hybridized carbons (Fsp3) is 0.458. The third kappa shape index (κ3) is 6.79. The number of ether oxygens (including phenoxy) is 2. The Morgan fingerprint density at radius 2 is 1.76 bits per heavy atom. The van der Waals surface area contributed by atoms with Crippen molar-refractivity contribution in [1.29, 1.82) is 0 Å². The van der Waals surface area contributed by atoms with Gasteiger partial charge < -0.3 is 14.6 Å². The highest BCUT2D eigenvalue weighted by Gasteiger charge is 2.12. The van der Waals surface area contributed by atoms with Gasteiger partial charge in [-0.2, -0.15) is 0 Å². The van der Waals surface area contributed by atoms with Gasteiger partial charge in [-0.3, -0.25) is 9.69 Å². The largest absolute Gasteiger partial charge is 0.494 e. The fourth-order valence-corrected chi connectivity index (χ4v) is 3.48. The molecule has 1 aliphatic heterocycles. The van der Waals surface area contributed by atoms with Crippen molar-refractivity contribution < 1.29 is 19.4 Å². The number of likely N-dealkylation sites (tertiary alicyclic amines) is 1. The maximum Gasteiger partial charge on any atom is 0.306 e. The zero-order chi connectivity index (χ0) is 20.5. The second-order valence-corrected chi connectivity index (χ2v) is 7.70. The fourth-order valence-electron chi connectivity index (χ4n) is 3.48. The smallest absolute Gasteiger partial charge is 0.306 e. The zero-order valence-corrected chi connectivity index (χ0v) is 17.2. The molecule has 0 bridgehead atoms. The van der Waals surface area contributed by atoms with Crippen LogP contribution in [-0.4, -0.2) is 48.8 Å². The summed E-state index contributed by atoms with van der Waals surface area (Å²) in [4.78, 5) is 13.3. The maximum atomic E-state index is 10.9. The number of carboxylic acid groups (broad SMARTS) is 1. The SMILES string of the molecule is CC(CCOc1ccc(Cc2ccccc2OCCN2CCCC2)cc1)C(=O)O. The van der Waals surface area contributed by atoms with Crippen LogP contribution in [0.4, 0.5) is 0 Å². The summed E-state index contributed by atoms with van der Waals surface area (Å²) < 4.78 is 11.7. The molecule has 5 heteroatoms. The normalized spacial score (nSPS) is 15.2. The van der Waals surface area contributed by atoms with Crippen LogP contribution in [-0.2, 0) is 11.2 Å². The Hall–Kier alpha value is -2.53. The summed E-state index contributed by atoms with van der Waals surface area (Å²) in [5.41, 5.74) is 2.37. The van der Waals surface area contributed by atoms with Gasteiger partial charge in [-0.25, -0.2) is 0 Å². The number of benzene rings is 2. The summed E-state index contributed by atoms with van der Waals surface area (Å²) >= 11 is 0. The minimum Gasteiger partial charge on any atom is -0.494 e. The second kappa shape index (κ2) is 10.9. The van der Waals surface area contributed by atoms with Gasteiger partial charge in [-0.15, -0.1) is 0 Å². The molecule has 0 aliphatic carbocycles. The van der Waals surface area contributed by atoms with Crippen LogP contribution in [0.1, 0.15) is 37.3 Å². The molecule has 1 aliphatic rings. The Bertz CT molecular complexity index is 769. The van der Waals surface area contributed by atoms with E-state index in [9.17, 15) is 4.79 Å². The third-order valence-electron chi connectivity index (χ3n) is 5.40. The predicted octanol–water partition coefficient (Wildman–Crippen LogP) is 4.24. The molecule has 156 valence electrons. The molecule has 1 fully saturated rings. The van der Waals surface area contributed by atoms with Gasteiger partial charge in [0.25, 0.3) is 0 Å². The van der Waals surface area contributed by atoms with E-state index in [1.807, 2.05) is 30.3 Å². The number of aliphatic carboxylic acids is 1. The average Bonchev–Trinajstić information content (AvgIpc) is 3.24. The van der Waals surface area contributed by atoms with Crippen molar-refractivity contribution in [2.45, 2.75) is 32.6 Å². The quantitative estimate of drug-likeness (QED) is 0.615. The highest BCUT2D eigenvalue weighted by Crippen LogP contribution is 2.23. The number of hydrogen-bond acceptors (Lipinski definition) is 4. The Labute approximate surface area is 173 Å². The van der Waals surface area contributed by atoms with E-state index in [0.717, 1.165) is 31.1 Å². The van der Waals surface area contributed by atoms with Crippen LogP contribution >= 0.6 is 0 Å². The Balaban J connectivity index is 1.49. The predicted molar refractivity (Wildman–Crippen MR) is 114 cm³/mol. The lowest BCUT2D eigenvalue weighted by Crippen LogP contribution is -2.25. The molecule has 0 radical (unpaired) electrons. The van der Waals surface area contributed by atoms with Crippen molar-refractivity contribution in [3.05, 3.63) is 59.7 Å². The van der Waals surface area contributed by atoms with Crippen molar-refractivity contribution in [1.82, 2.24) is 4.90 Å². The first-order valence-electron chi connectivity index (χ1n) is 10.5. The van der Waals surface area contributed by atoms with Crippen LogP contribution in [0.5, 0.6) is 11.5 Å². The number of carboxylic acids is 1. The first-order valence-corrected chi connectivity index (χ1v) is 10.5. The Morgan fingerprint density at radius 3 is 2.48 bits per heavy atom. The average molecular weight is 398 g/mol. The zero-order valence-electron chi connectivity index (χ0n) is 17.2. The Morgan fingerprint density at radius 1 is 1.03 bits per heavy atom. The van der Waals surface area contributed by atoms with E-state index >= 15 is 0 Å². The molecule has 1 heterocycles. The highest BCUT2D eigenvalue weighted by molar-refractivity contribution is 5.69. The number of rotatable bonds is 11. The van der Waals surface area contributed by atoms with E-state index in [0.29, 0.717) is 13.0 Å². The number of hydrogen-bond donors (Lipinski definition) is 1. The third-order valence-corrected chi connectivity index (χ3v) is 5.40. The topological polar surface area (TPSA) is 59.0 Å². The van der Waals surface area contributed by atoms with Crippen LogP contribution < -0.4 is 9.47 Å². The lowest BCUT2D eigenvalue weighted by molar-refractivity contribution is -0.141. The van der Waals surface area contributed by atoms with E-state index < -0.39 is 11.9 Å². The van der Waals surface area contributed by atoms with Crippen LogP contribution in [0.25, 0.3) is 0 Å². The van der Waals surface area contributed by atoms with Crippen molar-refractivity contribution in [2.24, 2.45) is 5.92 Å². The van der Waals surface area contributed by atoms with E-state index in [4.69, 9.17) is 14.6 Å². The molecule has 29 heavy (non-hydrogen) atoms. The van der Waals surface area contributed by atoms with Crippen molar-refractivity contribution in [2.75, 3.05) is 32.8 Å². The molecule has 1 saturated heterocycles. The molecular weight excluding hydrogens is 366 g/mol. The summed E-state index contributed by atoms with van der Waals surface area (Å²) in [6.45, 7) is 6.18. The van der Waals surface area contributed by atoms with Gasteiger partial charge >= 0.3 is 5.97 Å². The molecule has 0 aromatic heterocycles. The molecule has 2 aromatic carbocycles. The van der Waals surface area contributed by atoms with Gasteiger partial charge in [0.2, 0.25) is 0 Å². The molecular formula is C24H31NO4. The molecule has 5 nitrogen and oxygen atoms in total. The Kier molecular flexibility index (Phi) is 7.94.